The van der Waals surface area contributed by atoms with Gasteiger partial charge in [-0.3, -0.25) is 0 Å². The van der Waals surface area contributed by atoms with E-state index in [0.29, 0.717) is 0 Å². The quantitative estimate of drug-likeness (QED) is 0.632. The summed E-state index contributed by atoms with van der Waals surface area (Å²) in [4.78, 5) is 0. The molecule has 0 aliphatic heterocycles. The Labute approximate surface area is 73.3 Å². The molecule has 0 bridgehead atoms. The number of azo groups is 1. The van der Waals surface area contributed by atoms with E-state index in [4.69, 9.17) is 0 Å². The normalized spacial score (nSPS) is 17.7. The van der Waals surface area contributed by atoms with Crippen LogP contribution >= 0.6 is 0 Å². The maximum Gasteiger partial charge on any atom is 0.167 e. The standard InChI is InChI=1S/C8H18N2O2/c1-5(2)7(11)9-10-8(12)6(3)4/h5-8,11-12H,1-4H3. The number of nitrogens with zero attached hydrogens (tertiary/aromatic N) is 2. The average Bonchev–Trinajstić information content (AvgIpc) is 1.98. The lowest BCUT2D eigenvalue weighted by molar-refractivity contribution is 0.0919. The van der Waals surface area contributed by atoms with Crippen LogP contribution in [0.3, 0.4) is 0 Å². The minimum atomic E-state index is -0.807. The zero-order valence-electron chi connectivity index (χ0n) is 8.10. The molecule has 4 nitrogen and oxygen atoms in total. The smallest absolute Gasteiger partial charge is 0.167 e. The van der Waals surface area contributed by atoms with Crippen LogP contribution < -0.4 is 0 Å². The molecule has 4 heteroatoms. The van der Waals surface area contributed by atoms with Gasteiger partial charge >= 0.3 is 0 Å². The molecule has 2 unspecified atom stereocenters. The number of hydrogen-bond donors (Lipinski definition) is 2. The molecule has 72 valence electrons. The SMILES string of the molecule is CC(C)C(O)N=NC(O)C(C)C. The predicted molar refractivity (Wildman–Crippen MR) is 46.5 cm³/mol. The van der Waals surface area contributed by atoms with Crippen molar-refractivity contribution in [3.8, 4) is 0 Å². The highest BCUT2D eigenvalue weighted by atomic mass is 16.3. The fourth-order valence-electron chi connectivity index (χ4n) is 0.403. The Hall–Kier alpha value is -0.480. The maximum absolute atomic E-state index is 9.19. The largest absolute Gasteiger partial charge is 0.370 e. The molecule has 0 fully saturated rings. The number of aliphatic hydroxyl groups excluding tert-OH is 2. The fourth-order valence-corrected chi connectivity index (χ4v) is 0.403. The van der Waals surface area contributed by atoms with Gasteiger partial charge in [0.2, 0.25) is 0 Å². The molecule has 0 radical (unpaired) electrons. The van der Waals surface area contributed by atoms with E-state index in [1.807, 2.05) is 27.7 Å². The Balaban J connectivity index is 3.89. The van der Waals surface area contributed by atoms with Crippen molar-refractivity contribution >= 4 is 0 Å². The molecule has 0 heterocycles. The molecule has 0 aromatic heterocycles. The molecule has 0 spiro atoms. The van der Waals surface area contributed by atoms with Crippen molar-refractivity contribution in [2.24, 2.45) is 22.1 Å². The minimum absolute atomic E-state index is 0.0353. The molecular formula is C8H18N2O2. The molecule has 0 amide bonds. The Morgan fingerprint density at radius 2 is 1.00 bits per heavy atom. The lowest BCUT2D eigenvalue weighted by Crippen LogP contribution is -2.14. The summed E-state index contributed by atoms with van der Waals surface area (Å²) in [5.74, 6) is 0.0706. The molecule has 0 aliphatic rings. The van der Waals surface area contributed by atoms with Crippen molar-refractivity contribution in [1.82, 2.24) is 0 Å². The third kappa shape index (κ3) is 4.41. The second kappa shape index (κ2) is 5.22. The Bertz CT molecular complexity index is 130. The average molecular weight is 174 g/mol. The molecule has 0 aromatic rings. The molecule has 0 aromatic carbocycles. The van der Waals surface area contributed by atoms with Crippen LogP contribution in [0.25, 0.3) is 0 Å². The first kappa shape index (κ1) is 11.5. The summed E-state index contributed by atoms with van der Waals surface area (Å²) in [5.41, 5.74) is 0. The molecule has 0 saturated carbocycles. The first-order valence-electron chi connectivity index (χ1n) is 4.21. The first-order chi connectivity index (χ1) is 5.45. The maximum atomic E-state index is 9.19. The van der Waals surface area contributed by atoms with Crippen LogP contribution in [0.5, 0.6) is 0 Å². The molecule has 12 heavy (non-hydrogen) atoms. The van der Waals surface area contributed by atoms with E-state index in [1.54, 1.807) is 0 Å². The summed E-state index contributed by atoms with van der Waals surface area (Å²) in [6, 6.07) is 0. The van der Waals surface area contributed by atoms with Crippen LogP contribution in [0.4, 0.5) is 0 Å². The van der Waals surface area contributed by atoms with Crippen LogP contribution in [0.2, 0.25) is 0 Å². The van der Waals surface area contributed by atoms with Crippen LogP contribution in [-0.2, 0) is 0 Å². The van der Waals surface area contributed by atoms with Gasteiger partial charge in [-0.15, -0.1) is 0 Å². The molecule has 2 atom stereocenters. The summed E-state index contributed by atoms with van der Waals surface area (Å²) in [6.07, 6.45) is -1.61. The van der Waals surface area contributed by atoms with Gasteiger partial charge in [-0.25, -0.2) is 0 Å². The van der Waals surface area contributed by atoms with Crippen molar-refractivity contribution in [2.75, 3.05) is 0 Å². The summed E-state index contributed by atoms with van der Waals surface area (Å²) in [6.45, 7) is 7.35. The van der Waals surface area contributed by atoms with E-state index in [1.165, 1.54) is 0 Å². The highest BCUT2D eigenvalue weighted by Gasteiger charge is 2.10. The highest BCUT2D eigenvalue weighted by Crippen LogP contribution is 2.07. The van der Waals surface area contributed by atoms with Gasteiger partial charge < -0.3 is 10.2 Å². The molecule has 0 saturated heterocycles. The van der Waals surface area contributed by atoms with E-state index >= 15 is 0 Å². The number of rotatable bonds is 4. The van der Waals surface area contributed by atoms with E-state index in [2.05, 4.69) is 10.2 Å². The van der Waals surface area contributed by atoms with Crippen LogP contribution in [0.1, 0.15) is 27.7 Å². The summed E-state index contributed by atoms with van der Waals surface area (Å²) >= 11 is 0. The van der Waals surface area contributed by atoms with Crippen molar-refractivity contribution in [3.05, 3.63) is 0 Å². The fraction of sp³-hybridized carbons (Fsp3) is 1.00. The van der Waals surface area contributed by atoms with E-state index in [0.717, 1.165) is 0 Å². The van der Waals surface area contributed by atoms with Crippen molar-refractivity contribution < 1.29 is 10.2 Å². The number of aliphatic hydroxyl groups is 2. The van der Waals surface area contributed by atoms with E-state index < -0.39 is 12.5 Å². The molecule has 2 N–H and O–H groups in total. The zero-order chi connectivity index (χ0) is 9.72. The Kier molecular flexibility index (Phi) is 5.01. The summed E-state index contributed by atoms with van der Waals surface area (Å²) in [5, 5.41) is 25.5. The highest BCUT2D eigenvalue weighted by molar-refractivity contribution is 4.57. The van der Waals surface area contributed by atoms with Gasteiger partial charge in [0.15, 0.2) is 12.5 Å². The van der Waals surface area contributed by atoms with Crippen molar-refractivity contribution in [1.29, 1.82) is 0 Å². The molecular weight excluding hydrogens is 156 g/mol. The Morgan fingerprint density at radius 3 is 1.17 bits per heavy atom. The second-order valence-electron chi connectivity index (χ2n) is 3.55. The van der Waals surface area contributed by atoms with Gasteiger partial charge in [0.1, 0.15) is 0 Å². The lowest BCUT2D eigenvalue weighted by atomic mass is 10.2. The van der Waals surface area contributed by atoms with Gasteiger partial charge in [-0.1, -0.05) is 27.7 Å². The second-order valence-corrected chi connectivity index (χ2v) is 3.55. The molecule has 0 aliphatic carbocycles. The minimum Gasteiger partial charge on any atom is -0.370 e. The summed E-state index contributed by atoms with van der Waals surface area (Å²) in [7, 11) is 0. The Morgan fingerprint density at radius 1 is 0.750 bits per heavy atom. The first-order valence-corrected chi connectivity index (χ1v) is 4.21. The lowest BCUT2D eigenvalue weighted by Gasteiger charge is -2.10. The third-order valence-electron chi connectivity index (χ3n) is 1.50. The third-order valence-corrected chi connectivity index (χ3v) is 1.50. The van der Waals surface area contributed by atoms with Crippen LogP contribution in [-0.4, -0.2) is 22.7 Å². The number of hydrogen-bond acceptors (Lipinski definition) is 4. The van der Waals surface area contributed by atoms with E-state index in [9.17, 15) is 10.2 Å². The van der Waals surface area contributed by atoms with E-state index in [-0.39, 0.29) is 11.8 Å². The zero-order valence-corrected chi connectivity index (χ0v) is 8.10. The van der Waals surface area contributed by atoms with Crippen LogP contribution in [0, 0.1) is 11.8 Å². The monoisotopic (exact) mass is 174 g/mol. The molecule has 0 rings (SSSR count). The van der Waals surface area contributed by atoms with Gasteiger partial charge in [-0.2, -0.15) is 10.2 Å². The topological polar surface area (TPSA) is 65.2 Å². The van der Waals surface area contributed by atoms with Gasteiger partial charge in [0, 0.05) is 11.8 Å². The van der Waals surface area contributed by atoms with Crippen LogP contribution in [0.15, 0.2) is 10.2 Å². The van der Waals surface area contributed by atoms with Crippen molar-refractivity contribution in [2.45, 2.75) is 40.2 Å². The van der Waals surface area contributed by atoms with Gasteiger partial charge in [0.05, 0.1) is 0 Å². The summed E-state index contributed by atoms with van der Waals surface area (Å²) < 4.78 is 0. The van der Waals surface area contributed by atoms with Gasteiger partial charge in [0.25, 0.3) is 0 Å². The van der Waals surface area contributed by atoms with Crippen molar-refractivity contribution in [3.63, 3.8) is 0 Å². The predicted octanol–water partition coefficient (Wildman–Crippen LogP) is 1.39. The van der Waals surface area contributed by atoms with Gasteiger partial charge in [-0.05, 0) is 0 Å².